The fraction of sp³-hybridized carbons (Fsp3) is 0.350. The van der Waals surface area contributed by atoms with Crippen LogP contribution in [0.4, 0.5) is 11.5 Å². The molecule has 1 saturated carbocycles. The summed E-state index contributed by atoms with van der Waals surface area (Å²) in [5.74, 6) is 1.43. The Morgan fingerprint density at radius 3 is 2.88 bits per heavy atom. The zero-order valence-electron chi connectivity index (χ0n) is 15.0. The third kappa shape index (κ3) is 3.08. The van der Waals surface area contributed by atoms with E-state index in [0.717, 1.165) is 33.5 Å². The number of hydrogen-bond acceptors (Lipinski definition) is 5. The largest absolute Gasteiger partial charge is 0.392 e. The van der Waals surface area contributed by atoms with Crippen molar-refractivity contribution in [2.24, 2.45) is 5.92 Å². The molecule has 0 spiro atoms. The molecule has 0 bridgehead atoms. The molecule has 6 nitrogen and oxygen atoms in total. The van der Waals surface area contributed by atoms with Crippen LogP contribution >= 0.6 is 0 Å². The molecular formula is C20H22N4O2. The second kappa shape index (κ2) is 6.53. The number of ketones is 1. The van der Waals surface area contributed by atoms with Crippen molar-refractivity contribution in [3.8, 4) is 0 Å². The Labute approximate surface area is 151 Å². The summed E-state index contributed by atoms with van der Waals surface area (Å²) in [6.07, 6.45) is 6.26. The van der Waals surface area contributed by atoms with E-state index in [9.17, 15) is 9.90 Å². The van der Waals surface area contributed by atoms with E-state index in [4.69, 9.17) is 0 Å². The molecule has 0 saturated heterocycles. The maximum atomic E-state index is 12.4. The molecule has 1 aliphatic carbocycles. The first-order valence-corrected chi connectivity index (χ1v) is 8.90. The second-order valence-electron chi connectivity index (χ2n) is 7.06. The zero-order chi connectivity index (χ0) is 18.3. The first-order valence-electron chi connectivity index (χ1n) is 8.90. The fourth-order valence-electron chi connectivity index (χ4n) is 3.22. The number of hydrogen-bond donors (Lipinski definition) is 2. The molecule has 3 aromatic rings. The molecule has 4 rings (SSSR count). The number of rotatable bonds is 6. The summed E-state index contributed by atoms with van der Waals surface area (Å²) >= 11 is 0. The number of carbonyl (C=O) groups is 1. The topological polar surface area (TPSA) is 79.5 Å². The number of aliphatic hydroxyl groups is 1. The number of aryl methyl sites for hydroxylation is 2. The minimum absolute atomic E-state index is 0.0428. The predicted octanol–water partition coefficient (Wildman–Crippen LogP) is 3.56. The summed E-state index contributed by atoms with van der Waals surface area (Å²) in [6, 6.07) is 5.77. The molecule has 2 heterocycles. The normalized spacial score (nSPS) is 14.0. The van der Waals surface area contributed by atoms with Crippen molar-refractivity contribution in [1.29, 1.82) is 0 Å². The molecular weight excluding hydrogens is 328 g/mol. The molecule has 0 unspecified atom stereocenters. The SMILES string of the molecule is Cc1ccc(C(=O)CC2CC2)cc1Nc1ncnn2cc(CO)c(C)c12. The number of aliphatic hydroxyl groups excluding tert-OH is 1. The molecule has 1 aromatic carbocycles. The number of carbonyl (C=O) groups excluding carboxylic acids is 1. The number of fused-ring (bicyclic) bond motifs is 1. The van der Waals surface area contributed by atoms with Gasteiger partial charge in [-0.3, -0.25) is 4.79 Å². The first kappa shape index (κ1) is 16.7. The number of aromatic nitrogens is 3. The van der Waals surface area contributed by atoms with Crippen molar-refractivity contribution < 1.29 is 9.90 Å². The monoisotopic (exact) mass is 350 g/mol. The number of nitrogens with one attached hydrogen (secondary N) is 1. The van der Waals surface area contributed by atoms with Gasteiger partial charge in [0.1, 0.15) is 11.8 Å². The Hall–Kier alpha value is -2.73. The molecule has 6 heteroatoms. The highest BCUT2D eigenvalue weighted by Gasteiger charge is 2.25. The molecule has 0 radical (unpaired) electrons. The second-order valence-corrected chi connectivity index (χ2v) is 7.06. The maximum Gasteiger partial charge on any atom is 0.163 e. The Bertz CT molecular complexity index is 989. The van der Waals surface area contributed by atoms with Crippen LogP contribution in [0.1, 0.15) is 46.3 Å². The van der Waals surface area contributed by atoms with Gasteiger partial charge in [0.15, 0.2) is 11.6 Å². The van der Waals surface area contributed by atoms with Crippen LogP contribution in [0.3, 0.4) is 0 Å². The molecule has 0 aliphatic heterocycles. The average molecular weight is 350 g/mol. The van der Waals surface area contributed by atoms with Gasteiger partial charge in [-0.1, -0.05) is 12.1 Å². The van der Waals surface area contributed by atoms with E-state index in [-0.39, 0.29) is 12.4 Å². The molecule has 1 fully saturated rings. The van der Waals surface area contributed by atoms with Crippen LogP contribution in [0.15, 0.2) is 30.7 Å². The van der Waals surface area contributed by atoms with Crippen LogP contribution in [-0.2, 0) is 6.61 Å². The molecule has 2 aromatic heterocycles. The summed E-state index contributed by atoms with van der Waals surface area (Å²) in [5, 5.41) is 17.1. The van der Waals surface area contributed by atoms with Gasteiger partial charge in [-0.25, -0.2) is 9.50 Å². The Morgan fingerprint density at radius 1 is 1.35 bits per heavy atom. The summed E-state index contributed by atoms with van der Waals surface area (Å²) in [6.45, 7) is 3.90. The van der Waals surface area contributed by atoms with Crippen LogP contribution < -0.4 is 5.32 Å². The van der Waals surface area contributed by atoms with E-state index in [0.29, 0.717) is 18.2 Å². The van der Waals surface area contributed by atoms with Crippen molar-refractivity contribution in [3.63, 3.8) is 0 Å². The van der Waals surface area contributed by atoms with Gasteiger partial charge in [-0.05, 0) is 49.8 Å². The van der Waals surface area contributed by atoms with Gasteiger partial charge in [-0.15, -0.1) is 0 Å². The van der Waals surface area contributed by atoms with E-state index >= 15 is 0 Å². The number of benzene rings is 1. The minimum Gasteiger partial charge on any atom is -0.392 e. The van der Waals surface area contributed by atoms with Crippen molar-refractivity contribution in [1.82, 2.24) is 14.6 Å². The summed E-state index contributed by atoms with van der Waals surface area (Å²) in [5.41, 5.74) is 5.21. The highest BCUT2D eigenvalue weighted by Crippen LogP contribution is 2.34. The van der Waals surface area contributed by atoms with Crippen molar-refractivity contribution >= 4 is 22.8 Å². The van der Waals surface area contributed by atoms with Crippen molar-refractivity contribution in [2.45, 2.75) is 39.7 Å². The van der Waals surface area contributed by atoms with Crippen LogP contribution in [0.5, 0.6) is 0 Å². The minimum atomic E-state index is -0.0428. The molecule has 0 atom stereocenters. The van der Waals surface area contributed by atoms with Gasteiger partial charge in [0.25, 0.3) is 0 Å². The summed E-state index contributed by atoms with van der Waals surface area (Å²) < 4.78 is 1.72. The van der Waals surface area contributed by atoms with Gasteiger partial charge in [-0.2, -0.15) is 5.10 Å². The Balaban J connectivity index is 1.69. The van der Waals surface area contributed by atoms with E-state index in [2.05, 4.69) is 15.4 Å². The van der Waals surface area contributed by atoms with Crippen LogP contribution in [0.2, 0.25) is 0 Å². The number of anilines is 2. The third-order valence-corrected chi connectivity index (χ3v) is 5.09. The quantitative estimate of drug-likeness (QED) is 0.665. The Morgan fingerprint density at radius 2 is 2.15 bits per heavy atom. The van der Waals surface area contributed by atoms with E-state index in [1.54, 1.807) is 10.7 Å². The standard InChI is InChI=1S/C20H22N4O2/c1-12-3-6-15(18(26)7-14-4-5-14)8-17(12)23-20-19-13(2)16(10-25)9-24(19)22-11-21-20/h3,6,8-9,11,14,25H,4-5,7,10H2,1-2H3,(H,21,22,23). The molecule has 26 heavy (non-hydrogen) atoms. The highest BCUT2D eigenvalue weighted by molar-refractivity contribution is 5.97. The highest BCUT2D eigenvalue weighted by atomic mass is 16.3. The van der Waals surface area contributed by atoms with Crippen LogP contribution in [-0.4, -0.2) is 25.5 Å². The van der Waals surface area contributed by atoms with Crippen LogP contribution in [0, 0.1) is 19.8 Å². The van der Waals surface area contributed by atoms with Gasteiger partial charge in [0, 0.05) is 29.4 Å². The molecule has 0 amide bonds. The number of Topliss-reactive ketones (excluding diaryl/α,β-unsaturated/α-hetero) is 1. The van der Waals surface area contributed by atoms with E-state index in [1.165, 1.54) is 19.2 Å². The molecule has 1 aliphatic rings. The first-order chi connectivity index (χ1) is 12.6. The summed E-state index contributed by atoms with van der Waals surface area (Å²) in [4.78, 5) is 16.8. The lowest BCUT2D eigenvalue weighted by Gasteiger charge is -2.12. The average Bonchev–Trinajstić information content (AvgIpc) is 3.38. The van der Waals surface area contributed by atoms with Gasteiger partial charge in [0.05, 0.1) is 6.61 Å². The van der Waals surface area contributed by atoms with Crippen molar-refractivity contribution in [2.75, 3.05) is 5.32 Å². The van der Waals surface area contributed by atoms with Gasteiger partial charge in [0.2, 0.25) is 0 Å². The lowest BCUT2D eigenvalue weighted by molar-refractivity contribution is 0.0976. The smallest absolute Gasteiger partial charge is 0.163 e. The van der Waals surface area contributed by atoms with Gasteiger partial charge < -0.3 is 10.4 Å². The third-order valence-electron chi connectivity index (χ3n) is 5.09. The zero-order valence-corrected chi connectivity index (χ0v) is 15.0. The predicted molar refractivity (Wildman–Crippen MR) is 99.8 cm³/mol. The Kier molecular flexibility index (Phi) is 4.20. The number of nitrogens with zero attached hydrogens (tertiary/aromatic N) is 3. The van der Waals surface area contributed by atoms with Crippen molar-refractivity contribution in [3.05, 3.63) is 53.0 Å². The van der Waals surface area contributed by atoms with E-state index < -0.39 is 0 Å². The van der Waals surface area contributed by atoms with Gasteiger partial charge >= 0.3 is 0 Å². The fourth-order valence-corrected chi connectivity index (χ4v) is 3.22. The summed E-state index contributed by atoms with van der Waals surface area (Å²) in [7, 11) is 0. The lowest BCUT2D eigenvalue weighted by atomic mass is 10.0. The molecule has 134 valence electrons. The van der Waals surface area contributed by atoms with Crippen LogP contribution in [0.25, 0.3) is 5.52 Å². The maximum absolute atomic E-state index is 12.4. The molecule has 2 N–H and O–H groups in total. The van der Waals surface area contributed by atoms with E-state index in [1.807, 2.05) is 32.0 Å². The lowest BCUT2D eigenvalue weighted by Crippen LogP contribution is -2.04.